The van der Waals surface area contributed by atoms with Gasteiger partial charge in [-0.1, -0.05) is 43.5 Å². The molecule has 0 bridgehead atoms. The molecule has 1 aliphatic rings. The molecule has 0 radical (unpaired) electrons. The normalized spacial score (nSPS) is 18.0. The number of aryl methyl sites for hydroxylation is 2. The number of ether oxygens (including phenoxy) is 1. The second kappa shape index (κ2) is 9.56. The summed E-state index contributed by atoms with van der Waals surface area (Å²) in [7, 11) is 1.59. The lowest BCUT2D eigenvalue weighted by atomic mass is 9.93. The molecule has 1 atom stereocenters. The van der Waals surface area contributed by atoms with E-state index in [-0.39, 0.29) is 11.3 Å². The number of rotatable bonds is 7. The fourth-order valence-corrected chi connectivity index (χ4v) is 4.17. The van der Waals surface area contributed by atoms with Crippen LogP contribution in [0.2, 0.25) is 5.02 Å². The van der Waals surface area contributed by atoms with Crippen LogP contribution in [0.1, 0.15) is 54.5 Å². The molecule has 6 heteroatoms. The van der Waals surface area contributed by atoms with Gasteiger partial charge in [-0.05, 0) is 61.2 Å². The van der Waals surface area contributed by atoms with Crippen molar-refractivity contribution in [3.05, 3.63) is 69.2 Å². The van der Waals surface area contributed by atoms with Crippen molar-refractivity contribution in [2.75, 3.05) is 13.7 Å². The third-order valence-corrected chi connectivity index (χ3v) is 5.98. The van der Waals surface area contributed by atoms with Crippen LogP contribution in [0.25, 0.3) is 5.76 Å². The molecule has 164 valence electrons. The molecule has 2 aromatic carbocycles. The van der Waals surface area contributed by atoms with Gasteiger partial charge in [-0.2, -0.15) is 0 Å². The van der Waals surface area contributed by atoms with Gasteiger partial charge in [-0.25, -0.2) is 0 Å². The maximum Gasteiger partial charge on any atom is 0.295 e. The molecule has 0 saturated carbocycles. The molecule has 1 N–H and O–H groups in total. The second-order valence-electron chi connectivity index (χ2n) is 7.89. The van der Waals surface area contributed by atoms with Crippen molar-refractivity contribution in [2.24, 2.45) is 0 Å². The Hall–Kier alpha value is -2.79. The fraction of sp³-hybridized carbons (Fsp3) is 0.360. The third kappa shape index (κ3) is 4.47. The molecule has 0 aliphatic carbocycles. The summed E-state index contributed by atoms with van der Waals surface area (Å²) in [6.07, 6.45) is 2.74. The predicted octanol–water partition coefficient (Wildman–Crippen LogP) is 5.58. The smallest absolute Gasteiger partial charge is 0.295 e. The average molecular weight is 442 g/mol. The Bertz CT molecular complexity index is 1030. The van der Waals surface area contributed by atoms with Gasteiger partial charge in [0.25, 0.3) is 11.7 Å². The van der Waals surface area contributed by atoms with Crippen LogP contribution in [0.4, 0.5) is 0 Å². The number of carbonyl (C=O) groups is 2. The highest BCUT2D eigenvalue weighted by Crippen LogP contribution is 2.41. The Morgan fingerprint density at radius 3 is 2.39 bits per heavy atom. The van der Waals surface area contributed by atoms with Crippen LogP contribution in [0.15, 0.2) is 42.0 Å². The number of aliphatic hydroxyl groups excluding tert-OH is 1. The van der Waals surface area contributed by atoms with E-state index in [4.69, 9.17) is 16.3 Å². The van der Waals surface area contributed by atoms with Gasteiger partial charge in [0.15, 0.2) is 0 Å². The summed E-state index contributed by atoms with van der Waals surface area (Å²) in [5, 5.41) is 11.8. The van der Waals surface area contributed by atoms with Crippen molar-refractivity contribution in [2.45, 2.75) is 46.1 Å². The molecule has 0 spiro atoms. The van der Waals surface area contributed by atoms with Crippen molar-refractivity contribution < 1.29 is 19.4 Å². The van der Waals surface area contributed by atoms with Crippen LogP contribution in [0.5, 0.6) is 5.75 Å². The van der Waals surface area contributed by atoms with E-state index in [1.807, 2.05) is 19.9 Å². The number of hydrogen-bond donors (Lipinski definition) is 1. The number of halogens is 1. The fourth-order valence-electron chi connectivity index (χ4n) is 4.04. The van der Waals surface area contributed by atoms with Gasteiger partial charge < -0.3 is 14.7 Å². The van der Waals surface area contributed by atoms with Crippen molar-refractivity contribution in [1.29, 1.82) is 0 Å². The Labute approximate surface area is 188 Å². The summed E-state index contributed by atoms with van der Waals surface area (Å²) >= 11 is 6.06. The molecule has 1 heterocycles. The van der Waals surface area contributed by atoms with Crippen molar-refractivity contribution in [3.63, 3.8) is 0 Å². The molecular weight excluding hydrogens is 414 g/mol. The molecule has 1 amide bonds. The maximum absolute atomic E-state index is 13.1. The van der Waals surface area contributed by atoms with Crippen LogP contribution in [0, 0.1) is 13.8 Å². The Balaban J connectivity index is 2.17. The summed E-state index contributed by atoms with van der Waals surface area (Å²) in [6, 6.07) is 10.00. The van der Waals surface area contributed by atoms with Crippen LogP contribution < -0.4 is 4.74 Å². The van der Waals surface area contributed by atoms with Gasteiger partial charge in [0.05, 0.1) is 18.7 Å². The number of nitrogens with zero attached hydrogens (tertiary/aromatic N) is 1. The number of hydrogen-bond acceptors (Lipinski definition) is 4. The van der Waals surface area contributed by atoms with E-state index in [0.717, 1.165) is 36.0 Å². The third-order valence-electron chi connectivity index (χ3n) is 5.73. The molecule has 31 heavy (non-hydrogen) atoms. The Morgan fingerprint density at radius 2 is 1.77 bits per heavy atom. The molecule has 5 nitrogen and oxygen atoms in total. The molecule has 2 aromatic rings. The molecule has 3 rings (SSSR count). The summed E-state index contributed by atoms with van der Waals surface area (Å²) < 4.78 is 5.36. The topological polar surface area (TPSA) is 66.8 Å². The van der Waals surface area contributed by atoms with E-state index in [9.17, 15) is 14.7 Å². The average Bonchev–Trinajstić information content (AvgIpc) is 3.00. The van der Waals surface area contributed by atoms with Crippen LogP contribution in [0.3, 0.4) is 0 Å². The number of likely N-dealkylation sites (tertiary alicyclic amines) is 1. The number of methoxy groups -OCH3 is 1. The first-order valence-corrected chi connectivity index (χ1v) is 10.9. The minimum atomic E-state index is -0.665. The summed E-state index contributed by atoms with van der Waals surface area (Å²) in [4.78, 5) is 27.6. The number of aliphatic hydroxyl groups is 1. The van der Waals surface area contributed by atoms with Gasteiger partial charge in [-0.3, -0.25) is 9.59 Å². The number of ketones is 1. The summed E-state index contributed by atoms with van der Waals surface area (Å²) in [5.41, 5.74) is 2.95. The standard InChI is InChI=1S/C25H28ClNO4/c1-5-6-7-12-27-22(17-8-10-18(26)11-9-17)21(24(29)25(27)30)23(28)19-13-16(3)20(31-4)14-15(19)2/h8-11,13-14,22,28H,5-7,12H2,1-4H3/b23-21+. The predicted molar refractivity (Wildman–Crippen MR) is 122 cm³/mol. The highest BCUT2D eigenvalue weighted by Gasteiger charge is 2.45. The number of amides is 1. The maximum atomic E-state index is 13.1. The van der Waals surface area contributed by atoms with E-state index >= 15 is 0 Å². The van der Waals surface area contributed by atoms with Crippen LogP contribution in [-0.4, -0.2) is 35.4 Å². The van der Waals surface area contributed by atoms with Gasteiger partial charge in [-0.15, -0.1) is 0 Å². The second-order valence-corrected chi connectivity index (χ2v) is 8.32. The van der Waals surface area contributed by atoms with Crippen molar-refractivity contribution in [1.82, 2.24) is 4.90 Å². The van der Waals surface area contributed by atoms with E-state index in [1.54, 1.807) is 42.3 Å². The molecule has 1 saturated heterocycles. The molecule has 1 fully saturated rings. The molecule has 1 unspecified atom stereocenters. The zero-order valence-electron chi connectivity index (χ0n) is 18.4. The lowest BCUT2D eigenvalue weighted by molar-refractivity contribution is -0.139. The number of carbonyl (C=O) groups excluding carboxylic acids is 2. The lowest BCUT2D eigenvalue weighted by Gasteiger charge is -2.25. The number of unbranched alkanes of at least 4 members (excludes halogenated alkanes) is 2. The van der Waals surface area contributed by atoms with E-state index in [0.29, 0.717) is 22.9 Å². The van der Waals surface area contributed by atoms with E-state index < -0.39 is 17.7 Å². The van der Waals surface area contributed by atoms with Crippen LogP contribution >= 0.6 is 11.6 Å². The lowest BCUT2D eigenvalue weighted by Crippen LogP contribution is -2.30. The van der Waals surface area contributed by atoms with E-state index in [1.165, 1.54) is 0 Å². The zero-order chi connectivity index (χ0) is 22.7. The number of Topliss-reactive ketones (excluding diaryl/α,β-unsaturated/α-hetero) is 1. The number of benzene rings is 2. The highest BCUT2D eigenvalue weighted by molar-refractivity contribution is 6.46. The first-order valence-electron chi connectivity index (χ1n) is 10.5. The first-order chi connectivity index (χ1) is 14.8. The minimum Gasteiger partial charge on any atom is -0.507 e. The highest BCUT2D eigenvalue weighted by atomic mass is 35.5. The van der Waals surface area contributed by atoms with Crippen molar-refractivity contribution in [3.8, 4) is 5.75 Å². The monoisotopic (exact) mass is 441 g/mol. The van der Waals surface area contributed by atoms with Crippen molar-refractivity contribution >= 4 is 29.1 Å². The summed E-state index contributed by atoms with van der Waals surface area (Å²) in [5.74, 6) is -0.717. The van der Waals surface area contributed by atoms with Gasteiger partial charge in [0.2, 0.25) is 0 Å². The van der Waals surface area contributed by atoms with Gasteiger partial charge in [0, 0.05) is 17.1 Å². The largest absolute Gasteiger partial charge is 0.507 e. The van der Waals surface area contributed by atoms with Crippen LogP contribution in [-0.2, 0) is 9.59 Å². The zero-order valence-corrected chi connectivity index (χ0v) is 19.1. The SMILES string of the molecule is CCCCCN1C(=O)C(=O)/C(=C(/O)c2cc(C)c(OC)cc2C)C1c1ccc(Cl)cc1. The minimum absolute atomic E-state index is 0.108. The quantitative estimate of drug-likeness (QED) is 0.263. The molecule has 1 aliphatic heterocycles. The Morgan fingerprint density at radius 1 is 1.10 bits per heavy atom. The molecule has 0 aromatic heterocycles. The first kappa shape index (κ1) is 22.9. The van der Waals surface area contributed by atoms with E-state index in [2.05, 4.69) is 6.92 Å². The Kier molecular flexibility index (Phi) is 7.06. The van der Waals surface area contributed by atoms with Gasteiger partial charge >= 0.3 is 0 Å². The summed E-state index contributed by atoms with van der Waals surface area (Å²) in [6.45, 7) is 6.24. The molecular formula is C25H28ClNO4. The van der Waals surface area contributed by atoms with Gasteiger partial charge in [0.1, 0.15) is 11.5 Å².